The molecule has 0 saturated carbocycles. The van der Waals surface area contributed by atoms with E-state index in [0.29, 0.717) is 32.6 Å². The zero-order valence-electron chi connectivity index (χ0n) is 17.8. The summed E-state index contributed by atoms with van der Waals surface area (Å²) in [5.74, 6) is -0.398. The summed E-state index contributed by atoms with van der Waals surface area (Å²) in [4.78, 5) is 28.8. The van der Waals surface area contributed by atoms with Gasteiger partial charge in [-0.25, -0.2) is 0 Å². The fourth-order valence-corrected chi connectivity index (χ4v) is 3.61. The molecule has 0 aliphatic carbocycles. The Bertz CT molecular complexity index is 475. The van der Waals surface area contributed by atoms with Gasteiger partial charge in [-0.3, -0.25) is 14.5 Å². The molecule has 0 aromatic rings. The van der Waals surface area contributed by atoms with Crippen LogP contribution in [0.2, 0.25) is 0 Å². The van der Waals surface area contributed by atoms with E-state index in [0.717, 1.165) is 45.8 Å². The number of carbonyl (C=O) groups excluding carboxylic acids is 2. The Morgan fingerprint density at radius 3 is 2.43 bits per heavy atom. The summed E-state index contributed by atoms with van der Waals surface area (Å²) in [6, 6.07) is 0. The Morgan fingerprint density at radius 2 is 1.82 bits per heavy atom. The van der Waals surface area contributed by atoms with Crippen molar-refractivity contribution in [1.82, 2.24) is 20.4 Å². The molecule has 0 bridgehead atoms. The van der Waals surface area contributed by atoms with E-state index in [1.165, 1.54) is 7.11 Å². The highest BCUT2D eigenvalue weighted by atomic mass is 16.5. The minimum Gasteiger partial charge on any atom is -0.469 e. The van der Waals surface area contributed by atoms with Gasteiger partial charge in [-0.1, -0.05) is 13.8 Å². The van der Waals surface area contributed by atoms with Gasteiger partial charge in [0.2, 0.25) is 5.91 Å². The van der Waals surface area contributed by atoms with Crippen LogP contribution < -0.4 is 22.1 Å². The number of piperidine rings is 1. The Hall–Kier alpha value is -1.26. The first-order valence-electron chi connectivity index (χ1n) is 10.3. The summed E-state index contributed by atoms with van der Waals surface area (Å²) in [6.07, 6.45) is 0.531. The van der Waals surface area contributed by atoms with Crippen molar-refractivity contribution in [3.05, 3.63) is 0 Å². The maximum absolute atomic E-state index is 12.8. The molecule has 6 N–H and O–H groups in total. The molecule has 1 atom stereocenters. The molecule has 0 spiro atoms. The highest BCUT2D eigenvalue weighted by Gasteiger charge is 2.43. The van der Waals surface area contributed by atoms with Crippen LogP contribution in [0, 0.1) is 11.3 Å². The fourth-order valence-electron chi connectivity index (χ4n) is 3.61. The van der Waals surface area contributed by atoms with Gasteiger partial charge >= 0.3 is 5.97 Å². The standard InChI is InChI=1S/C19H40N6O3/c1-19(2)14-16(17(26)28-3)15-25(18(19)27)13-12-24(10-5-21)11-9-23-8-7-22-6-4-20/h16,22-23H,4-15,20-21H2,1-3H3. The van der Waals surface area contributed by atoms with Crippen LogP contribution in [0.1, 0.15) is 20.3 Å². The Kier molecular flexibility index (Phi) is 11.6. The number of methoxy groups -OCH3 is 1. The summed E-state index contributed by atoms with van der Waals surface area (Å²) in [5.41, 5.74) is 10.6. The van der Waals surface area contributed by atoms with E-state index >= 15 is 0 Å². The molecule has 0 aromatic carbocycles. The van der Waals surface area contributed by atoms with Crippen molar-refractivity contribution < 1.29 is 14.3 Å². The molecule has 1 saturated heterocycles. The number of rotatable bonds is 14. The summed E-state index contributed by atoms with van der Waals surface area (Å²) in [5, 5.41) is 6.64. The molecule has 9 heteroatoms. The number of ether oxygens (including phenoxy) is 1. The number of carbonyl (C=O) groups is 2. The Balaban J connectivity index is 2.46. The van der Waals surface area contributed by atoms with Crippen molar-refractivity contribution in [2.45, 2.75) is 20.3 Å². The first kappa shape index (κ1) is 24.8. The van der Waals surface area contributed by atoms with Crippen molar-refractivity contribution in [2.24, 2.45) is 22.8 Å². The van der Waals surface area contributed by atoms with Gasteiger partial charge in [0.25, 0.3) is 0 Å². The predicted molar refractivity (Wildman–Crippen MR) is 111 cm³/mol. The lowest BCUT2D eigenvalue weighted by Gasteiger charge is -2.41. The third kappa shape index (κ3) is 8.40. The average Bonchev–Trinajstić information content (AvgIpc) is 2.67. The van der Waals surface area contributed by atoms with Gasteiger partial charge in [-0.05, 0) is 6.42 Å². The summed E-state index contributed by atoms with van der Waals surface area (Å²) in [6.45, 7) is 11.9. The molecule has 1 rings (SSSR count). The van der Waals surface area contributed by atoms with Crippen LogP contribution in [0.15, 0.2) is 0 Å². The van der Waals surface area contributed by atoms with E-state index in [4.69, 9.17) is 16.2 Å². The zero-order valence-corrected chi connectivity index (χ0v) is 17.8. The summed E-state index contributed by atoms with van der Waals surface area (Å²) < 4.78 is 4.91. The largest absolute Gasteiger partial charge is 0.469 e. The van der Waals surface area contributed by atoms with Gasteiger partial charge < -0.3 is 31.7 Å². The number of amides is 1. The maximum Gasteiger partial charge on any atom is 0.310 e. The van der Waals surface area contributed by atoms with Gasteiger partial charge in [0.1, 0.15) is 0 Å². The third-order valence-corrected chi connectivity index (χ3v) is 5.13. The molecular formula is C19H40N6O3. The molecule has 1 fully saturated rings. The summed E-state index contributed by atoms with van der Waals surface area (Å²) in [7, 11) is 1.40. The van der Waals surface area contributed by atoms with E-state index < -0.39 is 5.41 Å². The number of nitrogens with one attached hydrogen (secondary N) is 2. The lowest BCUT2D eigenvalue weighted by Crippen LogP contribution is -2.53. The molecule has 1 unspecified atom stereocenters. The number of hydrogen-bond donors (Lipinski definition) is 4. The van der Waals surface area contributed by atoms with Crippen molar-refractivity contribution in [1.29, 1.82) is 0 Å². The molecule has 28 heavy (non-hydrogen) atoms. The van der Waals surface area contributed by atoms with Crippen LogP contribution in [0.25, 0.3) is 0 Å². The molecule has 164 valence electrons. The van der Waals surface area contributed by atoms with Crippen molar-refractivity contribution in [3.8, 4) is 0 Å². The number of esters is 1. The lowest BCUT2D eigenvalue weighted by atomic mass is 9.77. The molecule has 9 nitrogen and oxygen atoms in total. The monoisotopic (exact) mass is 400 g/mol. The second-order valence-electron chi connectivity index (χ2n) is 7.98. The van der Waals surface area contributed by atoms with Crippen LogP contribution in [0.3, 0.4) is 0 Å². The molecule has 0 aromatic heterocycles. The fraction of sp³-hybridized carbons (Fsp3) is 0.895. The SMILES string of the molecule is COC(=O)C1CN(CCN(CCN)CCNCCNCCN)C(=O)C(C)(C)C1. The minimum absolute atomic E-state index is 0.101. The minimum atomic E-state index is -0.548. The topological polar surface area (TPSA) is 126 Å². The maximum atomic E-state index is 12.8. The Labute approximate surface area is 169 Å². The van der Waals surface area contributed by atoms with E-state index in [1.807, 2.05) is 13.8 Å². The number of nitrogens with two attached hydrogens (primary N) is 2. The van der Waals surface area contributed by atoms with E-state index in [-0.39, 0.29) is 17.8 Å². The van der Waals surface area contributed by atoms with Gasteiger partial charge in [-0.2, -0.15) is 0 Å². The molecule has 1 aliphatic heterocycles. The molecule has 1 heterocycles. The molecule has 1 amide bonds. The van der Waals surface area contributed by atoms with E-state index in [2.05, 4.69) is 15.5 Å². The van der Waals surface area contributed by atoms with Crippen molar-refractivity contribution in [3.63, 3.8) is 0 Å². The lowest BCUT2D eigenvalue weighted by molar-refractivity contribution is -0.157. The van der Waals surface area contributed by atoms with Gasteiger partial charge in [0.05, 0.1) is 13.0 Å². The normalized spacial score (nSPS) is 19.3. The second kappa shape index (κ2) is 13.1. The molecule has 0 radical (unpaired) electrons. The summed E-state index contributed by atoms with van der Waals surface area (Å²) >= 11 is 0. The van der Waals surface area contributed by atoms with Gasteiger partial charge in [-0.15, -0.1) is 0 Å². The second-order valence-corrected chi connectivity index (χ2v) is 7.98. The number of nitrogens with zero attached hydrogens (tertiary/aromatic N) is 2. The highest BCUT2D eigenvalue weighted by molar-refractivity contribution is 5.85. The first-order valence-corrected chi connectivity index (χ1v) is 10.3. The van der Waals surface area contributed by atoms with Crippen LogP contribution in [-0.2, 0) is 14.3 Å². The van der Waals surface area contributed by atoms with E-state index in [9.17, 15) is 9.59 Å². The van der Waals surface area contributed by atoms with Crippen molar-refractivity contribution >= 4 is 11.9 Å². The molecular weight excluding hydrogens is 360 g/mol. The van der Waals surface area contributed by atoms with E-state index in [1.54, 1.807) is 4.90 Å². The molecule has 1 aliphatic rings. The van der Waals surface area contributed by atoms with Crippen LogP contribution in [-0.4, -0.2) is 101 Å². The van der Waals surface area contributed by atoms with Gasteiger partial charge in [0.15, 0.2) is 0 Å². The van der Waals surface area contributed by atoms with Crippen LogP contribution in [0.5, 0.6) is 0 Å². The zero-order chi connectivity index (χ0) is 21.0. The quantitative estimate of drug-likeness (QED) is 0.204. The predicted octanol–water partition coefficient (Wildman–Crippen LogP) is -1.57. The number of hydrogen-bond acceptors (Lipinski definition) is 8. The third-order valence-electron chi connectivity index (χ3n) is 5.13. The first-order chi connectivity index (χ1) is 13.4. The van der Waals surface area contributed by atoms with Crippen LogP contribution in [0.4, 0.5) is 0 Å². The smallest absolute Gasteiger partial charge is 0.310 e. The highest BCUT2D eigenvalue weighted by Crippen LogP contribution is 2.33. The number of likely N-dealkylation sites (tertiary alicyclic amines) is 1. The average molecular weight is 401 g/mol. The van der Waals surface area contributed by atoms with Crippen molar-refractivity contribution in [2.75, 3.05) is 79.1 Å². The van der Waals surface area contributed by atoms with Gasteiger partial charge in [0, 0.05) is 77.4 Å². The Morgan fingerprint density at radius 1 is 1.14 bits per heavy atom. The van der Waals surface area contributed by atoms with Crippen LogP contribution >= 0.6 is 0 Å².